The van der Waals surface area contributed by atoms with Crippen molar-refractivity contribution in [3.05, 3.63) is 59.2 Å². The summed E-state index contributed by atoms with van der Waals surface area (Å²) in [5, 5.41) is 11.0. The number of carbonyl (C=O) groups is 1. The third kappa shape index (κ3) is 4.69. The largest absolute Gasteiger partial charge is 0.494 e. The minimum absolute atomic E-state index is 0.198. The maximum Gasteiger partial charge on any atom is 0.255 e. The molecule has 0 unspecified atom stereocenters. The van der Waals surface area contributed by atoms with E-state index in [1.165, 1.54) is 6.08 Å². The number of benzene rings is 1. The van der Waals surface area contributed by atoms with Crippen molar-refractivity contribution in [2.75, 3.05) is 6.61 Å². The van der Waals surface area contributed by atoms with Crippen molar-refractivity contribution in [1.82, 2.24) is 24.9 Å². The third-order valence-corrected chi connectivity index (χ3v) is 3.96. The van der Waals surface area contributed by atoms with Gasteiger partial charge in [-0.05, 0) is 50.1 Å². The third-order valence-electron chi connectivity index (χ3n) is 3.96. The molecule has 0 spiro atoms. The minimum atomic E-state index is -0.198. The Morgan fingerprint density at radius 3 is 2.74 bits per heavy atom. The number of aryl methyl sites for hydroxylation is 2. The number of rotatable bonds is 7. The molecule has 2 heterocycles. The first-order valence-corrected chi connectivity index (χ1v) is 8.94. The van der Waals surface area contributed by atoms with Gasteiger partial charge in [-0.2, -0.15) is 0 Å². The van der Waals surface area contributed by atoms with E-state index in [0.717, 1.165) is 29.1 Å². The summed E-state index contributed by atoms with van der Waals surface area (Å²) in [6, 6.07) is 9.58. The van der Waals surface area contributed by atoms with Crippen molar-refractivity contribution >= 4 is 17.8 Å². The fraction of sp³-hybridized carbons (Fsp3) is 0.300. The fourth-order valence-corrected chi connectivity index (χ4v) is 2.70. The maximum absolute atomic E-state index is 12.1. The second-order valence-electron chi connectivity index (χ2n) is 6.26. The van der Waals surface area contributed by atoms with Gasteiger partial charge in [0.2, 0.25) is 5.91 Å². The average Bonchev–Trinajstić information content (AvgIpc) is 3.07. The van der Waals surface area contributed by atoms with E-state index >= 15 is 0 Å². The summed E-state index contributed by atoms with van der Waals surface area (Å²) >= 11 is 0. The normalized spacial score (nSPS) is 11.2. The van der Waals surface area contributed by atoms with Gasteiger partial charge >= 0.3 is 0 Å². The van der Waals surface area contributed by atoms with E-state index in [1.807, 2.05) is 48.6 Å². The quantitative estimate of drug-likeness (QED) is 0.651. The summed E-state index contributed by atoms with van der Waals surface area (Å²) in [7, 11) is 0. The van der Waals surface area contributed by atoms with Crippen molar-refractivity contribution in [3.63, 3.8) is 0 Å². The molecular formula is C20H23N5O2. The van der Waals surface area contributed by atoms with Crippen LogP contribution in [0.15, 0.2) is 36.4 Å². The lowest BCUT2D eigenvalue weighted by molar-refractivity contribution is -0.116. The van der Waals surface area contributed by atoms with Crippen molar-refractivity contribution in [3.8, 4) is 5.75 Å². The molecule has 0 saturated carbocycles. The molecule has 1 N–H and O–H groups in total. The predicted octanol–water partition coefficient (Wildman–Crippen LogP) is 2.86. The standard InChI is InChI=1S/C20H23N5O2/c1-4-11-27-17-8-5-16(6-9-17)7-10-19(26)21-13-18-23-24-20-22-14(2)12-15(3)25(18)20/h5-10,12H,4,11,13H2,1-3H3,(H,21,26)/b10-7+. The highest BCUT2D eigenvalue weighted by atomic mass is 16.5. The summed E-state index contributed by atoms with van der Waals surface area (Å²) < 4.78 is 7.38. The molecule has 140 valence electrons. The summed E-state index contributed by atoms with van der Waals surface area (Å²) in [6.45, 7) is 6.92. The number of hydrogen-bond donors (Lipinski definition) is 1. The average molecular weight is 365 g/mol. The lowest BCUT2D eigenvalue weighted by Gasteiger charge is -2.05. The molecule has 0 aliphatic carbocycles. The van der Waals surface area contributed by atoms with Crippen LogP contribution >= 0.6 is 0 Å². The summed E-state index contributed by atoms with van der Waals surface area (Å²) in [5.74, 6) is 1.82. The fourth-order valence-electron chi connectivity index (χ4n) is 2.70. The van der Waals surface area contributed by atoms with Gasteiger partial charge in [-0.3, -0.25) is 9.20 Å². The number of nitrogens with zero attached hydrogens (tertiary/aromatic N) is 4. The van der Waals surface area contributed by atoms with Gasteiger partial charge < -0.3 is 10.1 Å². The Kier molecular flexibility index (Phi) is 5.80. The topological polar surface area (TPSA) is 81.4 Å². The van der Waals surface area contributed by atoms with E-state index < -0.39 is 0 Å². The molecule has 1 amide bonds. The van der Waals surface area contributed by atoms with Gasteiger partial charge in [-0.15, -0.1) is 10.2 Å². The van der Waals surface area contributed by atoms with Crippen molar-refractivity contribution in [2.45, 2.75) is 33.7 Å². The maximum atomic E-state index is 12.1. The van der Waals surface area contributed by atoms with E-state index in [4.69, 9.17) is 4.74 Å². The molecule has 1 aromatic carbocycles. The van der Waals surface area contributed by atoms with Gasteiger partial charge in [-0.25, -0.2) is 4.98 Å². The van der Waals surface area contributed by atoms with Crippen LogP contribution in [-0.4, -0.2) is 32.1 Å². The molecule has 0 atom stereocenters. The van der Waals surface area contributed by atoms with Gasteiger partial charge in [0.15, 0.2) is 5.82 Å². The van der Waals surface area contributed by atoms with Crippen LogP contribution in [0.3, 0.4) is 0 Å². The molecule has 7 nitrogen and oxygen atoms in total. The highest BCUT2D eigenvalue weighted by Gasteiger charge is 2.10. The van der Waals surface area contributed by atoms with Gasteiger partial charge in [0.25, 0.3) is 5.78 Å². The molecule has 0 aliphatic rings. The Morgan fingerprint density at radius 2 is 2.00 bits per heavy atom. The minimum Gasteiger partial charge on any atom is -0.494 e. The van der Waals surface area contributed by atoms with E-state index in [0.29, 0.717) is 18.2 Å². The van der Waals surface area contributed by atoms with Crippen LogP contribution in [0.25, 0.3) is 11.9 Å². The number of fused-ring (bicyclic) bond motifs is 1. The van der Waals surface area contributed by atoms with Crippen LogP contribution in [0.2, 0.25) is 0 Å². The Morgan fingerprint density at radius 1 is 1.22 bits per heavy atom. The number of carbonyl (C=O) groups excluding carboxylic acids is 1. The second kappa shape index (κ2) is 8.44. The molecule has 7 heteroatoms. The number of amides is 1. The number of hydrogen-bond acceptors (Lipinski definition) is 5. The number of nitrogens with one attached hydrogen (secondary N) is 1. The van der Waals surface area contributed by atoms with Gasteiger partial charge in [0.1, 0.15) is 5.75 Å². The van der Waals surface area contributed by atoms with Crippen LogP contribution in [0.5, 0.6) is 5.75 Å². The van der Waals surface area contributed by atoms with E-state index in [9.17, 15) is 4.79 Å². The van der Waals surface area contributed by atoms with E-state index in [1.54, 1.807) is 6.08 Å². The molecule has 0 radical (unpaired) electrons. The summed E-state index contributed by atoms with van der Waals surface area (Å²) in [5.41, 5.74) is 2.79. The lowest BCUT2D eigenvalue weighted by Crippen LogP contribution is -2.22. The summed E-state index contributed by atoms with van der Waals surface area (Å²) in [6.07, 6.45) is 4.23. The highest BCUT2D eigenvalue weighted by Crippen LogP contribution is 2.13. The zero-order valence-corrected chi connectivity index (χ0v) is 15.8. The van der Waals surface area contributed by atoms with Gasteiger partial charge in [0, 0.05) is 17.5 Å². The van der Waals surface area contributed by atoms with Gasteiger partial charge in [0.05, 0.1) is 13.2 Å². The van der Waals surface area contributed by atoms with E-state index in [-0.39, 0.29) is 12.5 Å². The SMILES string of the molecule is CCCOc1ccc(/C=C/C(=O)NCc2nnc3nc(C)cc(C)n23)cc1. The number of ether oxygens (including phenoxy) is 1. The van der Waals surface area contributed by atoms with Crippen LogP contribution in [0, 0.1) is 13.8 Å². The lowest BCUT2D eigenvalue weighted by atomic mass is 10.2. The molecule has 0 fully saturated rings. The van der Waals surface area contributed by atoms with Crippen LogP contribution < -0.4 is 10.1 Å². The Labute approximate surface area is 158 Å². The smallest absolute Gasteiger partial charge is 0.255 e. The molecule has 3 aromatic rings. The first-order valence-electron chi connectivity index (χ1n) is 8.94. The van der Waals surface area contributed by atoms with Crippen LogP contribution in [0.4, 0.5) is 0 Å². The Hall–Kier alpha value is -3.22. The molecule has 0 bridgehead atoms. The molecule has 2 aromatic heterocycles. The molecular weight excluding hydrogens is 342 g/mol. The van der Waals surface area contributed by atoms with E-state index in [2.05, 4.69) is 27.4 Å². The first kappa shape index (κ1) is 18.6. The molecule has 0 aliphatic heterocycles. The Balaban J connectivity index is 1.59. The predicted molar refractivity (Wildman–Crippen MR) is 103 cm³/mol. The zero-order valence-electron chi connectivity index (χ0n) is 15.8. The molecule has 27 heavy (non-hydrogen) atoms. The van der Waals surface area contributed by atoms with Crippen molar-refractivity contribution in [2.24, 2.45) is 0 Å². The second-order valence-corrected chi connectivity index (χ2v) is 6.26. The Bertz CT molecular complexity index is 960. The molecule has 0 saturated heterocycles. The monoisotopic (exact) mass is 365 g/mol. The molecule has 3 rings (SSSR count). The van der Waals surface area contributed by atoms with Crippen molar-refractivity contribution in [1.29, 1.82) is 0 Å². The van der Waals surface area contributed by atoms with Gasteiger partial charge in [-0.1, -0.05) is 19.1 Å². The zero-order chi connectivity index (χ0) is 19.2. The van der Waals surface area contributed by atoms with Crippen molar-refractivity contribution < 1.29 is 9.53 Å². The highest BCUT2D eigenvalue weighted by molar-refractivity contribution is 5.91. The number of aromatic nitrogens is 4. The van der Waals surface area contributed by atoms with Crippen LogP contribution in [-0.2, 0) is 11.3 Å². The first-order chi connectivity index (χ1) is 13.1. The van der Waals surface area contributed by atoms with Crippen LogP contribution in [0.1, 0.15) is 36.1 Å². The summed E-state index contributed by atoms with van der Waals surface area (Å²) in [4.78, 5) is 16.4.